The van der Waals surface area contributed by atoms with Crippen molar-refractivity contribution in [3.63, 3.8) is 0 Å². The molecule has 1 aromatic heterocycles. The molecule has 0 unspecified atom stereocenters. The Hall–Kier alpha value is -1.86. The predicted octanol–water partition coefficient (Wildman–Crippen LogP) is 3.80. The maximum absolute atomic E-state index is 13.5. The van der Waals surface area contributed by atoms with Crippen LogP contribution in [0.4, 0.5) is 10.1 Å². The number of hydrogen-bond donors (Lipinski definition) is 1. The summed E-state index contributed by atoms with van der Waals surface area (Å²) in [6, 6.07) is 5.26. The molecule has 2 aromatic rings. The molecule has 0 aliphatic carbocycles. The largest absolute Gasteiger partial charge is 0.464 e. The van der Waals surface area contributed by atoms with Gasteiger partial charge in [0.05, 0.1) is 22.3 Å². The van der Waals surface area contributed by atoms with Gasteiger partial charge in [-0.1, -0.05) is 11.6 Å². The van der Waals surface area contributed by atoms with Gasteiger partial charge >= 0.3 is 5.97 Å². The van der Waals surface area contributed by atoms with Crippen molar-refractivity contribution in [2.45, 2.75) is 0 Å². The zero-order valence-corrected chi connectivity index (χ0v) is 13.0. The molecular formula is C13H9BrClFN2O3. The molecule has 2 N–H and O–H groups in total. The molecule has 0 spiro atoms. The molecule has 0 amide bonds. The van der Waals surface area contributed by atoms with Crippen molar-refractivity contribution in [1.29, 1.82) is 0 Å². The van der Waals surface area contributed by atoms with E-state index in [9.17, 15) is 9.18 Å². The van der Waals surface area contributed by atoms with E-state index in [1.807, 2.05) is 0 Å². The van der Waals surface area contributed by atoms with E-state index >= 15 is 0 Å². The summed E-state index contributed by atoms with van der Waals surface area (Å²) >= 11 is 8.83. The Kier molecular flexibility index (Phi) is 4.64. The molecular weight excluding hydrogens is 367 g/mol. The van der Waals surface area contributed by atoms with E-state index in [4.69, 9.17) is 22.1 Å². The van der Waals surface area contributed by atoms with Crippen molar-refractivity contribution in [2.24, 2.45) is 0 Å². The highest BCUT2D eigenvalue weighted by atomic mass is 79.9. The molecule has 0 radical (unpaired) electrons. The highest BCUT2D eigenvalue weighted by molar-refractivity contribution is 9.10. The van der Waals surface area contributed by atoms with E-state index in [0.29, 0.717) is 4.47 Å². The molecule has 21 heavy (non-hydrogen) atoms. The summed E-state index contributed by atoms with van der Waals surface area (Å²) in [5.74, 6) is -1.21. The first-order valence-corrected chi connectivity index (χ1v) is 6.76. The fraction of sp³-hybridized carbons (Fsp3) is 0.0769. The van der Waals surface area contributed by atoms with Gasteiger partial charge in [-0.15, -0.1) is 0 Å². The minimum atomic E-state index is -0.655. The highest BCUT2D eigenvalue weighted by Crippen LogP contribution is 2.34. The predicted molar refractivity (Wildman–Crippen MR) is 79.2 cm³/mol. The normalized spacial score (nSPS) is 10.3. The quantitative estimate of drug-likeness (QED) is 0.652. The summed E-state index contributed by atoms with van der Waals surface area (Å²) in [4.78, 5) is 15.4. The Labute approximate surface area is 133 Å². The Morgan fingerprint density at radius 1 is 1.43 bits per heavy atom. The number of aromatic nitrogens is 1. The van der Waals surface area contributed by atoms with Crippen molar-refractivity contribution in [1.82, 2.24) is 4.98 Å². The number of ether oxygens (including phenoxy) is 2. The van der Waals surface area contributed by atoms with E-state index in [1.165, 1.54) is 25.3 Å². The van der Waals surface area contributed by atoms with Gasteiger partial charge in [0, 0.05) is 6.07 Å². The van der Waals surface area contributed by atoms with Gasteiger partial charge in [-0.3, -0.25) is 0 Å². The Balaban J connectivity index is 2.39. The Bertz CT molecular complexity index is 712. The maximum Gasteiger partial charge on any atom is 0.356 e. The first-order valence-electron chi connectivity index (χ1n) is 5.59. The molecule has 0 aliphatic heterocycles. The summed E-state index contributed by atoms with van der Waals surface area (Å²) in [7, 11) is 1.23. The first kappa shape index (κ1) is 15.5. The van der Waals surface area contributed by atoms with Crippen LogP contribution in [0.25, 0.3) is 0 Å². The number of esters is 1. The van der Waals surface area contributed by atoms with Crippen LogP contribution in [-0.4, -0.2) is 18.1 Å². The smallest absolute Gasteiger partial charge is 0.356 e. The van der Waals surface area contributed by atoms with Gasteiger partial charge in [0.25, 0.3) is 0 Å². The number of rotatable bonds is 3. The van der Waals surface area contributed by atoms with E-state index in [-0.39, 0.29) is 28.0 Å². The molecule has 0 atom stereocenters. The van der Waals surface area contributed by atoms with Crippen molar-refractivity contribution < 1.29 is 18.7 Å². The van der Waals surface area contributed by atoms with Gasteiger partial charge < -0.3 is 15.2 Å². The van der Waals surface area contributed by atoms with Crippen LogP contribution in [0.5, 0.6) is 11.6 Å². The van der Waals surface area contributed by atoms with Crippen LogP contribution in [0, 0.1) is 5.82 Å². The lowest BCUT2D eigenvalue weighted by atomic mass is 10.3. The zero-order valence-electron chi connectivity index (χ0n) is 10.7. The third-order valence-electron chi connectivity index (χ3n) is 2.47. The van der Waals surface area contributed by atoms with Crippen LogP contribution in [0.3, 0.4) is 0 Å². The van der Waals surface area contributed by atoms with E-state index in [1.54, 1.807) is 0 Å². The number of carbonyl (C=O) groups excluding carboxylic acids is 1. The second-order valence-corrected chi connectivity index (χ2v) is 5.14. The molecule has 0 aliphatic rings. The molecule has 1 aromatic carbocycles. The highest BCUT2D eigenvalue weighted by Gasteiger charge is 2.14. The summed E-state index contributed by atoms with van der Waals surface area (Å²) in [5.41, 5.74) is 5.93. The van der Waals surface area contributed by atoms with Crippen molar-refractivity contribution in [3.8, 4) is 11.6 Å². The number of benzene rings is 1. The summed E-state index contributed by atoms with van der Waals surface area (Å²) in [6.45, 7) is 0. The standard InChI is InChI=1S/C13H9BrClFN2O3/c1-20-13(19)10-3-2-9(17)12(18-10)21-11-5-8(16)7(15)4-6(11)14/h2-5H,17H2,1H3. The van der Waals surface area contributed by atoms with E-state index < -0.39 is 11.8 Å². The van der Waals surface area contributed by atoms with Crippen molar-refractivity contribution >= 4 is 39.2 Å². The SMILES string of the molecule is COC(=O)c1ccc(N)c(Oc2cc(F)c(Cl)cc2Br)n1. The molecule has 0 saturated heterocycles. The van der Waals surface area contributed by atoms with Crippen LogP contribution in [0.2, 0.25) is 5.02 Å². The monoisotopic (exact) mass is 374 g/mol. The van der Waals surface area contributed by atoms with Crippen LogP contribution in [0.15, 0.2) is 28.7 Å². The van der Waals surface area contributed by atoms with Gasteiger partial charge in [-0.05, 0) is 34.1 Å². The number of pyridine rings is 1. The minimum absolute atomic E-state index is 0.0206. The molecule has 0 saturated carbocycles. The molecule has 0 bridgehead atoms. The van der Waals surface area contributed by atoms with Crippen LogP contribution < -0.4 is 10.5 Å². The topological polar surface area (TPSA) is 74.4 Å². The number of carbonyl (C=O) groups is 1. The molecule has 8 heteroatoms. The molecule has 110 valence electrons. The van der Waals surface area contributed by atoms with Crippen LogP contribution in [0.1, 0.15) is 10.5 Å². The number of anilines is 1. The summed E-state index contributed by atoms with van der Waals surface area (Å²) in [6.07, 6.45) is 0. The first-order chi connectivity index (χ1) is 9.92. The molecule has 0 fully saturated rings. The van der Waals surface area contributed by atoms with Gasteiger partial charge in [-0.2, -0.15) is 0 Å². The van der Waals surface area contributed by atoms with Gasteiger partial charge in [-0.25, -0.2) is 14.2 Å². The van der Waals surface area contributed by atoms with E-state index in [0.717, 1.165) is 6.07 Å². The average Bonchev–Trinajstić information content (AvgIpc) is 2.46. The van der Waals surface area contributed by atoms with Crippen LogP contribution in [-0.2, 0) is 4.74 Å². The molecule has 5 nitrogen and oxygen atoms in total. The van der Waals surface area contributed by atoms with E-state index in [2.05, 4.69) is 25.7 Å². The Morgan fingerprint density at radius 3 is 2.81 bits per heavy atom. The second kappa shape index (κ2) is 6.28. The third kappa shape index (κ3) is 3.43. The fourth-order valence-electron chi connectivity index (χ4n) is 1.44. The number of nitrogens with two attached hydrogens (primary N) is 1. The third-order valence-corrected chi connectivity index (χ3v) is 3.38. The number of methoxy groups -OCH3 is 1. The zero-order chi connectivity index (χ0) is 15.6. The van der Waals surface area contributed by atoms with Gasteiger partial charge in [0.15, 0.2) is 5.69 Å². The maximum atomic E-state index is 13.5. The van der Waals surface area contributed by atoms with Gasteiger partial charge in [0.1, 0.15) is 11.6 Å². The Morgan fingerprint density at radius 2 is 2.14 bits per heavy atom. The molecule has 1 heterocycles. The molecule has 2 rings (SSSR count). The number of nitrogen functional groups attached to an aromatic ring is 1. The van der Waals surface area contributed by atoms with Crippen molar-refractivity contribution in [2.75, 3.05) is 12.8 Å². The minimum Gasteiger partial charge on any atom is -0.464 e. The fourth-order valence-corrected chi connectivity index (χ4v) is 2.16. The number of nitrogens with zero attached hydrogens (tertiary/aromatic N) is 1. The lowest BCUT2D eigenvalue weighted by Gasteiger charge is -2.10. The summed E-state index contributed by atoms with van der Waals surface area (Å²) in [5, 5.41) is -0.0570. The average molecular weight is 376 g/mol. The van der Waals surface area contributed by atoms with Crippen LogP contribution >= 0.6 is 27.5 Å². The lowest BCUT2D eigenvalue weighted by molar-refractivity contribution is 0.0593. The van der Waals surface area contributed by atoms with Gasteiger partial charge in [0.2, 0.25) is 5.88 Å². The second-order valence-electron chi connectivity index (χ2n) is 3.88. The number of hydrogen-bond acceptors (Lipinski definition) is 5. The van der Waals surface area contributed by atoms with Crippen molar-refractivity contribution in [3.05, 3.63) is 45.3 Å². The lowest BCUT2D eigenvalue weighted by Crippen LogP contribution is -2.06. The summed E-state index contributed by atoms with van der Waals surface area (Å²) < 4.78 is 23.9. The number of halogens is 3.